The molecule has 0 fully saturated rings. The Labute approximate surface area is 280 Å². The van der Waals surface area contributed by atoms with Gasteiger partial charge in [-0.15, -0.1) is 0 Å². The first-order chi connectivity index (χ1) is 22.1. The lowest BCUT2D eigenvalue weighted by Gasteiger charge is -2.26. The molecule has 3 atom stereocenters. The largest absolute Gasteiger partial charge is 0.394 e. The third-order valence-corrected chi connectivity index (χ3v) is 9.04. The van der Waals surface area contributed by atoms with Crippen molar-refractivity contribution in [3.05, 3.63) is 24.3 Å². The third kappa shape index (κ3) is 31.2. The van der Waals surface area contributed by atoms with Gasteiger partial charge in [-0.05, 0) is 51.4 Å². The summed E-state index contributed by atoms with van der Waals surface area (Å²) < 4.78 is 0. The van der Waals surface area contributed by atoms with Crippen molar-refractivity contribution in [3.8, 4) is 0 Å². The molecule has 3 unspecified atom stereocenters. The van der Waals surface area contributed by atoms with E-state index in [-0.39, 0.29) is 12.5 Å². The fourth-order valence-corrected chi connectivity index (χ4v) is 5.94. The molecule has 4 N–H and O–H groups in total. The monoisotopic (exact) mass is 636 g/mol. The Hall–Kier alpha value is -1.17. The summed E-state index contributed by atoms with van der Waals surface area (Å²) in [6.07, 6.45) is 41.3. The molecule has 0 aliphatic heterocycles. The molecule has 0 aromatic heterocycles. The van der Waals surface area contributed by atoms with Crippen molar-refractivity contribution < 1.29 is 20.1 Å². The molecule has 45 heavy (non-hydrogen) atoms. The van der Waals surface area contributed by atoms with Gasteiger partial charge in [0.05, 0.1) is 18.8 Å². The van der Waals surface area contributed by atoms with Crippen LogP contribution in [0.15, 0.2) is 24.3 Å². The number of carbonyl (C=O) groups is 1. The predicted octanol–water partition coefficient (Wildman–Crippen LogP) is 10.7. The van der Waals surface area contributed by atoms with E-state index in [1.807, 2.05) is 0 Å². The SMILES string of the molecule is CCCCCC/C=C/CC/C=C/CCCC(O)C(O)C(CO)NC(=O)CCCCCCCCCCCCCCCCCCCC. The highest BCUT2D eigenvalue weighted by molar-refractivity contribution is 5.76. The molecule has 0 aromatic carbocycles. The van der Waals surface area contributed by atoms with Crippen molar-refractivity contribution in [2.75, 3.05) is 6.61 Å². The number of hydrogen-bond donors (Lipinski definition) is 4. The summed E-state index contributed by atoms with van der Waals surface area (Å²) in [5.74, 6) is -0.158. The number of rotatable bonds is 35. The lowest BCUT2D eigenvalue weighted by atomic mass is 10.0. The first kappa shape index (κ1) is 43.8. The van der Waals surface area contributed by atoms with Gasteiger partial charge in [0.15, 0.2) is 0 Å². The van der Waals surface area contributed by atoms with E-state index in [1.165, 1.54) is 128 Å². The lowest BCUT2D eigenvalue weighted by molar-refractivity contribution is -0.124. The van der Waals surface area contributed by atoms with Gasteiger partial charge >= 0.3 is 0 Å². The van der Waals surface area contributed by atoms with Crippen LogP contribution in [0, 0.1) is 0 Å². The van der Waals surface area contributed by atoms with Crippen molar-refractivity contribution in [1.82, 2.24) is 5.32 Å². The van der Waals surface area contributed by atoms with Gasteiger partial charge in [0, 0.05) is 6.42 Å². The van der Waals surface area contributed by atoms with Gasteiger partial charge in [0.25, 0.3) is 0 Å². The fraction of sp³-hybridized carbons (Fsp3) is 0.875. The highest BCUT2D eigenvalue weighted by Gasteiger charge is 2.26. The Morgan fingerprint density at radius 3 is 1.36 bits per heavy atom. The molecule has 0 saturated heterocycles. The Bertz CT molecular complexity index is 665. The van der Waals surface area contributed by atoms with E-state index in [1.54, 1.807) is 0 Å². The Morgan fingerprint density at radius 2 is 0.911 bits per heavy atom. The summed E-state index contributed by atoms with van der Waals surface area (Å²) in [7, 11) is 0. The van der Waals surface area contributed by atoms with E-state index in [2.05, 4.69) is 43.5 Å². The molecule has 0 rings (SSSR count). The average Bonchev–Trinajstić information content (AvgIpc) is 3.04. The molecule has 0 saturated carbocycles. The van der Waals surface area contributed by atoms with E-state index in [9.17, 15) is 20.1 Å². The maximum Gasteiger partial charge on any atom is 0.220 e. The van der Waals surface area contributed by atoms with Crippen LogP contribution in [0.1, 0.15) is 200 Å². The molecule has 5 heteroatoms. The number of aliphatic hydroxyl groups is 3. The van der Waals surface area contributed by atoms with Crippen molar-refractivity contribution in [2.45, 2.75) is 218 Å². The van der Waals surface area contributed by atoms with Gasteiger partial charge in [0.1, 0.15) is 6.10 Å². The molecule has 266 valence electrons. The Kier molecular flexibility index (Phi) is 34.8. The van der Waals surface area contributed by atoms with Crippen LogP contribution in [-0.4, -0.2) is 46.1 Å². The molecular weight excluding hydrogens is 558 g/mol. The van der Waals surface area contributed by atoms with E-state index in [0.29, 0.717) is 12.8 Å². The van der Waals surface area contributed by atoms with E-state index >= 15 is 0 Å². The molecular formula is C40H77NO4. The molecule has 0 aliphatic rings. The second kappa shape index (κ2) is 35.7. The minimum absolute atomic E-state index is 0.158. The standard InChI is InChI=1S/C40H77NO4/c1-3-5-7-9-11-13-15-17-18-19-20-21-23-25-27-29-31-33-35-39(44)41-37(36-42)40(45)38(43)34-32-30-28-26-24-22-16-14-12-10-8-6-4-2/h14,16,26,28,37-38,40,42-43,45H,3-13,15,17-25,27,29-36H2,1-2H3,(H,41,44)/b16-14+,28-26+. The number of hydrogen-bond acceptors (Lipinski definition) is 4. The molecule has 0 spiro atoms. The van der Waals surface area contributed by atoms with Crippen LogP contribution in [0.2, 0.25) is 0 Å². The van der Waals surface area contributed by atoms with E-state index < -0.39 is 18.2 Å². The Morgan fingerprint density at radius 1 is 0.533 bits per heavy atom. The van der Waals surface area contributed by atoms with Gasteiger partial charge in [-0.3, -0.25) is 4.79 Å². The molecule has 0 heterocycles. The third-order valence-electron chi connectivity index (χ3n) is 9.04. The number of allylic oxidation sites excluding steroid dienone is 4. The first-order valence-corrected chi connectivity index (χ1v) is 19.6. The van der Waals surface area contributed by atoms with Crippen molar-refractivity contribution >= 4 is 5.91 Å². The quantitative estimate of drug-likeness (QED) is 0.0412. The number of carbonyl (C=O) groups excluding carboxylic acids is 1. The molecule has 0 radical (unpaired) electrons. The van der Waals surface area contributed by atoms with Crippen molar-refractivity contribution in [2.24, 2.45) is 0 Å². The topological polar surface area (TPSA) is 89.8 Å². The van der Waals surface area contributed by atoms with Gasteiger partial charge in [-0.25, -0.2) is 0 Å². The number of nitrogens with one attached hydrogen (secondary N) is 1. The van der Waals surface area contributed by atoms with Crippen LogP contribution in [-0.2, 0) is 4.79 Å². The minimum Gasteiger partial charge on any atom is -0.394 e. The number of aliphatic hydroxyl groups excluding tert-OH is 3. The first-order valence-electron chi connectivity index (χ1n) is 19.6. The van der Waals surface area contributed by atoms with Gasteiger partial charge in [-0.2, -0.15) is 0 Å². The van der Waals surface area contributed by atoms with E-state index in [4.69, 9.17) is 0 Å². The molecule has 0 bridgehead atoms. The van der Waals surface area contributed by atoms with Crippen molar-refractivity contribution in [3.63, 3.8) is 0 Å². The van der Waals surface area contributed by atoms with Gasteiger partial charge < -0.3 is 20.6 Å². The van der Waals surface area contributed by atoms with Crippen LogP contribution in [0.25, 0.3) is 0 Å². The maximum atomic E-state index is 12.4. The summed E-state index contributed by atoms with van der Waals surface area (Å²) in [5.41, 5.74) is 0. The molecule has 5 nitrogen and oxygen atoms in total. The highest BCUT2D eigenvalue weighted by atomic mass is 16.3. The fourth-order valence-electron chi connectivity index (χ4n) is 5.94. The molecule has 0 aliphatic carbocycles. The summed E-state index contributed by atoms with van der Waals surface area (Å²) in [6.45, 7) is 4.13. The van der Waals surface area contributed by atoms with Crippen LogP contribution in [0.5, 0.6) is 0 Å². The highest BCUT2D eigenvalue weighted by Crippen LogP contribution is 2.15. The zero-order chi connectivity index (χ0) is 33.1. The summed E-state index contributed by atoms with van der Waals surface area (Å²) in [6, 6.07) is -0.827. The number of amides is 1. The maximum absolute atomic E-state index is 12.4. The number of unbranched alkanes of at least 4 members (excludes halogenated alkanes) is 23. The molecule has 1 amide bonds. The lowest BCUT2D eigenvalue weighted by Crippen LogP contribution is -2.50. The minimum atomic E-state index is -1.16. The zero-order valence-corrected chi connectivity index (χ0v) is 30.0. The smallest absolute Gasteiger partial charge is 0.220 e. The average molecular weight is 636 g/mol. The van der Waals surface area contributed by atoms with Gasteiger partial charge in [-0.1, -0.05) is 167 Å². The zero-order valence-electron chi connectivity index (χ0n) is 30.0. The van der Waals surface area contributed by atoms with Crippen molar-refractivity contribution in [1.29, 1.82) is 0 Å². The summed E-state index contributed by atoms with van der Waals surface area (Å²) in [5, 5.41) is 33.3. The van der Waals surface area contributed by atoms with E-state index in [0.717, 1.165) is 44.9 Å². The van der Waals surface area contributed by atoms with Crippen LogP contribution in [0.4, 0.5) is 0 Å². The summed E-state index contributed by atoms with van der Waals surface area (Å²) in [4.78, 5) is 12.4. The Balaban J connectivity index is 3.69. The predicted molar refractivity (Wildman–Crippen MR) is 195 cm³/mol. The summed E-state index contributed by atoms with van der Waals surface area (Å²) >= 11 is 0. The van der Waals surface area contributed by atoms with Crippen LogP contribution >= 0.6 is 0 Å². The second-order valence-corrected chi connectivity index (χ2v) is 13.5. The molecule has 0 aromatic rings. The van der Waals surface area contributed by atoms with Gasteiger partial charge in [0.2, 0.25) is 5.91 Å². The second-order valence-electron chi connectivity index (χ2n) is 13.5. The normalized spacial score (nSPS) is 14.0. The van der Waals surface area contributed by atoms with Crippen LogP contribution in [0.3, 0.4) is 0 Å². The van der Waals surface area contributed by atoms with Crippen LogP contribution < -0.4 is 5.32 Å².